The molecule has 0 fully saturated rings. The van der Waals surface area contributed by atoms with Crippen LogP contribution in [0.15, 0.2) is 18.2 Å². The molecule has 0 saturated heterocycles. The summed E-state index contributed by atoms with van der Waals surface area (Å²) in [5.74, 6) is 1.40. The highest BCUT2D eigenvalue weighted by Crippen LogP contribution is 2.33. The van der Waals surface area contributed by atoms with Gasteiger partial charge in [-0.1, -0.05) is 45.4 Å². The van der Waals surface area contributed by atoms with Crippen LogP contribution in [0.25, 0.3) is 11.0 Å². The Morgan fingerprint density at radius 2 is 1.90 bits per heavy atom. The van der Waals surface area contributed by atoms with E-state index in [1.165, 1.54) is 0 Å². The lowest BCUT2D eigenvalue weighted by atomic mass is 9.82. The monoisotopic (exact) mass is 312 g/mol. The fraction of sp³-hybridized carbons (Fsp3) is 0.562. The molecular weight excluding hydrogens is 291 g/mol. The van der Waals surface area contributed by atoms with Crippen molar-refractivity contribution in [3.8, 4) is 0 Å². The molecule has 1 aromatic heterocycles. The number of halogens is 2. The Balaban J connectivity index is 2.55. The van der Waals surface area contributed by atoms with Crippen LogP contribution in [0.4, 0.5) is 0 Å². The molecule has 2 atom stereocenters. The number of imidazole rings is 1. The lowest BCUT2D eigenvalue weighted by molar-refractivity contribution is 0.233. The molecule has 0 saturated carbocycles. The summed E-state index contributed by atoms with van der Waals surface area (Å²) in [7, 11) is 0. The third-order valence-corrected chi connectivity index (χ3v) is 4.55. The van der Waals surface area contributed by atoms with E-state index >= 15 is 0 Å². The van der Waals surface area contributed by atoms with Crippen molar-refractivity contribution in [3.63, 3.8) is 0 Å². The molecule has 1 heterocycles. The predicted octanol–water partition coefficient (Wildman–Crippen LogP) is 5.67. The van der Waals surface area contributed by atoms with Crippen LogP contribution in [0.3, 0.4) is 0 Å². The Hall–Kier alpha value is -0.730. The van der Waals surface area contributed by atoms with Crippen LogP contribution < -0.4 is 0 Å². The Morgan fingerprint density at radius 3 is 2.45 bits per heavy atom. The molecule has 0 bridgehead atoms. The van der Waals surface area contributed by atoms with Gasteiger partial charge in [-0.15, -0.1) is 11.6 Å². The van der Waals surface area contributed by atoms with E-state index in [9.17, 15) is 0 Å². The standard InChI is InChI=1S/C16H22Cl2N2/c1-10(16(3,4)5)9-20-13-8-6-7-12(18)14(13)19-15(20)11(2)17/h6-8,10-11H,9H2,1-5H3. The van der Waals surface area contributed by atoms with Crippen molar-refractivity contribution in [2.75, 3.05) is 0 Å². The van der Waals surface area contributed by atoms with Crippen molar-refractivity contribution < 1.29 is 0 Å². The summed E-state index contributed by atoms with van der Waals surface area (Å²) in [6.07, 6.45) is 0. The number of benzene rings is 1. The normalized spacial score (nSPS) is 15.6. The highest BCUT2D eigenvalue weighted by Gasteiger charge is 2.24. The molecule has 2 rings (SSSR count). The lowest BCUT2D eigenvalue weighted by Gasteiger charge is -2.28. The quantitative estimate of drug-likeness (QED) is 0.667. The molecule has 2 unspecified atom stereocenters. The van der Waals surface area contributed by atoms with Gasteiger partial charge in [-0.3, -0.25) is 0 Å². The fourth-order valence-electron chi connectivity index (χ4n) is 2.17. The first-order valence-electron chi connectivity index (χ1n) is 7.00. The maximum Gasteiger partial charge on any atom is 0.127 e. The average Bonchev–Trinajstić information content (AvgIpc) is 2.69. The van der Waals surface area contributed by atoms with Gasteiger partial charge in [-0.25, -0.2) is 4.98 Å². The van der Waals surface area contributed by atoms with Gasteiger partial charge in [-0.05, 0) is 30.4 Å². The van der Waals surface area contributed by atoms with Crippen LogP contribution >= 0.6 is 23.2 Å². The van der Waals surface area contributed by atoms with E-state index in [4.69, 9.17) is 23.2 Å². The van der Waals surface area contributed by atoms with E-state index in [0.29, 0.717) is 10.9 Å². The van der Waals surface area contributed by atoms with Crippen molar-refractivity contribution in [3.05, 3.63) is 29.0 Å². The van der Waals surface area contributed by atoms with Crippen molar-refractivity contribution in [2.45, 2.75) is 46.5 Å². The summed E-state index contributed by atoms with van der Waals surface area (Å²) >= 11 is 12.6. The predicted molar refractivity (Wildman–Crippen MR) is 87.6 cm³/mol. The molecule has 0 radical (unpaired) electrons. The number of rotatable bonds is 3. The van der Waals surface area contributed by atoms with Crippen molar-refractivity contribution in [1.82, 2.24) is 9.55 Å². The summed E-state index contributed by atoms with van der Waals surface area (Å²) in [5.41, 5.74) is 2.15. The summed E-state index contributed by atoms with van der Waals surface area (Å²) in [6, 6.07) is 5.90. The minimum absolute atomic E-state index is 0.134. The highest BCUT2D eigenvalue weighted by atomic mass is 35.5. The molecule has 1 aromatic carbocycles. The third-order valence-electron chi connectivity index (χ3n) is 4.05. The summed E-state index contributed by atoms with van der Waals surface area (Å²) in [4.78, 5) is 4.65. The van der Waals surface area contributed by atoms with Crippen molar-refractivity contribution >= 4 is 34.2 Å². The molecule has 20 heavy (non-hydrogen) atoms. The second kappa shape index (κ2) is 5.57. The zero-order valence-electron chi connectivity index (χ0n) is 12.7. The van der Waals surface area contributed by atoms with Crippen LogP contribution in [-0.4, -0.2) is 9.55 Å². The molecule has 2 nitrogen and oxygen atoms in total. The van der Waals surface area contributed by atoms with Crippen molar-refractivity contribution in [1.29, 1.82) is 0 Å². The van der Waals surface area contributed by atoms with Gasteiger partial charge in [0.1, 0.15) is 11.3 Å². The molecule has 110 valence electrons. The maximum absolute atomic E-state index is 6.30. The van der Waals surface area contributed by atoms with Crippen LogP contribution in [-0.2, 0) is 6.54 Å². The van der Waals surface area contributed by atoms with E-state index in [0.717, 1.165) is 23.4 Å². The summed E-state index contributed by atoms with van der Waals surface area (Å²) in [5, 5.41) is 0.550. The van der Waals surface area contributed by atoms with E-state index in [1.54, 1.807) is 0 Å². The molecule has 0 spiro atoms. The number of alkyl halides is 1. The number of fused-ring (bicyclic) bond motifs is 1. The molecule has 0 amide bonds. The number of nitrogens with zero attached hydrogens (tertiary/aromatic N) is 2. The summed E-state index contributed by atoms with van der Waals surface area (Å²) < 4.78 is 2.22. The van der Waals surface area contributed by atoms with Crippen LogP contribution in [0.1, 0.15) is 45.8 Å². The third kappa shape index (κ3) is 2.96. The molecular formula is C16H22Cl2N2. The van der Waals surface area contributed by atoms with Gasteiger partial charge in [0.15, 0.2) is 0 Å². The van der Waals surface area contributed by atoms with Gasteiger partial charge in [0.2, 0.25) is 0 Å². The zero-order valence-corrected chi connectivity index (χ0v) is 14.3. The Bertz CT molecular complexity index is 609. The van der Waals surface area contributed by atoms with E-state index in [1.807, 2.05) is 19.1 Å². The van der Waals surface area contributed by atoms with E-state index in [2.05, 4.69) is 43.3 Å². The number of para-hydroxylation sites is 1. The minimum Gasteiger partial charge on any atom is -0.326 e. The van der Waals surface area contributed by atoms with Crippen LogP contribution in [0.2, 0.25) is 5.02 Å². The largest absolute Gasteiger partial charge is 0.326 e. The van der Waals surface area contributed by atoms with Gasteiger partial charge < -0.3 is 4.57 Å². The van der Waals surface area contributed by atoms with Crippen molar-refractivity contribution in [2.24, 2.45) is 11.3 Å². The smallest absolute Gasteiger partial charge is 0.127 e. The first kappa shape index (κ1) is 15.7. The Kier molecular flexibility index (Phi) is 4.36. The van der Waals surface area contributed by atoms with E-state index in [-0.39, 0.29) is 10.8 Å². The fourth-order valence-corrected chi connectivity index (χ4v) is 2.55. The van der Waals surface area contributed by atoms with Crippen LogP contribution in [0.5, 0.6) is 0 Å². The topological polar surface area (TPSA) is 17.8 Å². The van der Waals surface area contributed by atoms with Gasteiger partial charge >= 0.3 is 0 Å². The second-order valence-corrected chi connectivity index (χ2v) is 7.63. The minimum atomic E-state index is -0.134. The molecule has 0 aliphatic carbocycles. The molecule has 0 aliphatic heterocycles. The first-order chi connectivity index (χ1) is 9.21. The zero-order chi connectivity index (χ0) is 15.1. The van der Waals surface area contributed by atoms with Crippen LogP contribution in [0, 0.1) is 11.3 Å². The van der Waals surface area contributed by atoms with Gasteiger partial charge in [-0.2, -0.15) is 0 Å². The Labute approximate surface area is 131 Å². The highest BCUT2D eigenvalue weighted by molar-refractivity contribution is 6.35. The lowest BCUT2D eigenvalue weighted by Crippen LogP contribution is -2.23. The van der Waals surface area contributed by atoms with Gasteiger partial charge in [0, 0.05) is 6.54 Å². The van der Waals surface area contributed by atoms with Gasteiger partial charge in [0.05, 0.1) is 15.9 Å². The molecule has 0 N–H and O–H groups in total. The first-order valence-corrected chi connectivity index (χ1v) is 7.82. The number of aromatic nitrogens is 2. The number of hydrogen-bond acceptors (Lipinski definition) is 1. The van der Waals surface area contributed by atoms with E-state index < -0.39 is 0 Å². The molecule has 2 aromatic rings. The van der Waals surface area contributed by atoms with Gasteiger partial charge in [0.25, 0.3) is 0 Å². The molecule has 4 heteroatoms. The summed E-state index contributed by atoms with van der Waals surface area (Å²) in [6.45, 7) is 11.9. The maximum atomic E-state index is 6.30. The second-order valence-electron chi connectivity index (χ2n) is 6.57. The average molecular weight is 313 g/mol. The Morgan fingerprint density at radius 1 is 1.25 bits per heavy atom. The SMILES string of the molecule is CC(Cl)c1nc2c(Cl)cccc2n1CC(C)C(C)(C)C. The number of hydrogen-bond donors (Lipinski definition) is 0. The molecule has 0 aliphatic rings.